The van der Waals surface area contributed by atoms with Gasteiger partial charge in [0.15, 0.2) is 0 Å². The number of imidazole rings is 1. The van der Waals surface area contributed by atoms with Gasteiger partial charge in [-0.15, -0.1) is 0 Å². The van der Waals surface area contributed by atoms with E-state index >= 15 is 0 Å². The molecule has 4 nitrogen and oxygen atoms in total. The Morgan fingerprint density at radius 2 is 2.20 bits per heavy atom. The molecule has 0 spiro atoms. The van der Waals surface area contributed by atoms with Crippen molar-refractivity contribution in [2.75, 3.05) is 12.8 Å². The summed E-state index contributed by atoms with van der Waals surface area (Å²) in [6, 6.07) is 5.41. The number of ether oxygens (including phenoxy) is 1. The minimum absolute atomic E-state index is 0.467. The predicted octanol–water partition coefficient (Wildman–Crippen LogP) is 2.12. The maximum atomic E-state index is 5.94. The molecule has 0 saturated heterocycles. The van der Waals surface area contributed by atoms with Crippen LogP contribution in [0.15, 0.2) is 30.7 Å². The molecular weight excluding hydrogens is 214 g/mol. The quantitative estimate of drug-likeness (QED) is 0.849. The second kappa shape index (κ2) is 3.82. The summed E-state index contributed by atoms with van der Waals surface area (Å²) in [4.78, 5) is 3.94. The zero-order chi connectivity index (χ0) is 10.8. The molecule has 2 aromatic rings. The highest BCUT2D eigenvalue weighted by Gasteiger charge is 2.02. The lowest BCUT2D eigenvalue weighted by Gasteiger charge is -2.05. The number of anilines is 1. The van der Waals surface area contributed by atoms with Crippen LogP contribution in [-0.2, 0) is 0 Å². The Kier molecular flexibility index (Phi) is 2.51. The number of rotatable bonds is 2. The molecule has 0 atom stereocenters. The number of nitrogens with two attached hydrogens (primary N) is 1. The molecule has 0 bridgehead atoms. The number of aromatic nitrogens is 2. The van der Waals surface area contributed by atoms with Crippen molar-refractivity contribution in [3.63, 3.8) is 0 Å². The monoisotopic (exact) mass is 223 g/mol. The van der Waals surface area contributed by atoms with E-state index in [1.54, 1.807) is 30.3 Å². The molecule has 0 fully saturated rings. The van der Waals surface area contributed by atoms with Gasteiger partial charge in [0.05, 0.1) is 19.0 Å². The second-order valence-corrected chi connectivity index (χ2v) is 3.49. The summed E-state index contributed by atoms with van der Waals surface area (Å²) in [5.41, 5.74) is 6.39. The first kappa shape index (κ1) is 9.86. The Hall–Kier alpha value is -1.68. The molecule has 0 saturated carbocycles. The van der Waals surface area contributed by atoms with Crippen LogP contribution in [0.5, 0.6) is 5.75 Å². The van der Waals surface area contributed by atoms with Crippen molar-refractivity contribution in [3.05, 3.63) is 35.7 Å². The smallest absolute Gasteiger partial charge is 0.141 e. The summed E-state index contributed by atoms with van der Waals surface area (Å²) < 4.78 is 6.90. The molecule has 78 valence electrons. The number of methoxy groups -OCH3 is 1. The van der Waals surface area contributed by atoms with E-state index in [2.05, 4.69) is 4.98 Å². The van der Waals surface area contributed by atoms with E-state index < -0.39 is 0 Å². The third kappa shape index (κ3) is 2.05. The molecule has 2 N–H and O–H groups in total. The molecule has 0 amide bonds. The van der Waals surface area contributed by atoms with Gasteiger partial charge < -0.3 is 15.0 Å². The van der Waals surface area contributed by atoms with Crippen molar-refractivity contribution >= 4 is 17.4 Å². The number of nitrogens with zero attached hydrogens (tertiary/aromatic N) is 2. The maximum Gasteiger partial charge on any atom is 0.141 e. The third-order valence-electron chi connectivity index (χ3n) is 1.99. The number of hydrogen-bond donors (Lipinski definition) is 1. The molecule has 1 aromatic carbocycles. The van der Waals surface area contributed by atoms with Crippen LogP contribution in [0.25, 0.3) is 5.69 Å². The normalized spacial score (nSPS) is 10.3. The number of nitrogen functional groups attached to an aromatic ring is 1. The van der Waals surface area contributed by atoms with Crippen LogP contribution in [0.2, 0.25) is 5.02 Å². The molecule has 0 aliphatic rings. The first-order chi connectivity index (χ1) is 7.19. The summed E-state index contributed by atoms with van der Waals surface area (Å²) in [5, 5.41) is 0.608. The Morgan fingerprint density at radius 3 is 2.80 bits per heavy atom. The van der Waals surface area contributed by atoms with E-state index in [1.807, 2.05) is 12.1 Å². The Bertz CT molecular complexity index is 481. The summed E-state index contributed by atoms with van der Waals surface area (Å²) >= 11 is 5.94. The van der Waals surface area contributed by atoms with Crippen molar-refractivity contribution in [1.82, 2.24) is 9.55 Å². The third-order valence-corrected chi connectivity index (χ3v) is 2.21. The van der Waals surface area contributed by atoms with Crippen LogP contribution in [0.3, 0.4) is 0 Å². The molecule has 2 rings (SSSR count). The summed E-state index contributed by atoms with van der Waals surface area (Å²) in [6.45, 7) is 0. The summed E-state index contributed by atoms with van der Waals surface area (Å²) in [7, 11) is 1.59. The highest BCUT2D eigenvalue weighted by Crippen LogP contribution is 2.23. The average Bonchev–Trinajstić information content (AvgIpc) is 2.64. The molecule has 0 unspecified atom stereocenters. The summed E-state index contributed by atoms with van der Waals surface area (Å²) in [5.74, 6) is 1.17. The maximum absolute atomic E-state index is 5.94. The Balaban J connectivity index is 2.48. The highest BCUT2D eigenvalue weighted by molar-refractivity contribution is 6.30. The fraction of sp³-hybridized carbons (Fsp3) is 0.100. The minimum atomic E-state index is 0.467. The van der Waals surface area contributed by atoms with Gasteiger partial charge in [-0.3, -0.25) is 0 Å². The topological polar surface area (TPSA) is 53.1 Å². The van der Waals surface area contributed by atoms with Gasteiger partial charge in [0.1, 0.15) is 17.9 Å². The van der Waals surface area contributed by atoms with Gasteiger partial charge >= 0.3 is 0 Å². The lowest BCUT2D eigenvalue weighted by Crippen LogP contribution is -1.92. The zero-order valence-corrected chi connectivity index (χ0v) is 8.90. The fourth-order valence-corrected chi connectivity index (χ4v) is 1.51. The van der Waals surface area contributed by atoms with E-state index in [9.17, 15) is 0 Å². The van der Waals surface area contributed by atoms with Gasteiger partial charge in [-0.2, -0.15) is 0 Å². The van der Waals surface area contributed by atoms with Gasteiger partial charge in [-0.05, 0) is 12.1 Å². The van der Waals surface area contributed by atoms with Crippen molar-refractivity contribution in [2.24, 2.45) is 0 Å². The van der Waals surface area contributed by atoms with E-state index in [4.69, 9.17) is 22.1 Å². The van der Waals surface area contributed by atoms with Crippen LogP contribution < -0.4 is 10.5 Å². The number of benzene rings is 1. The van der Waals surface area contributed by atoms with Crippen molar-refractivity contribution < 1.29 is 4.74 Å². The lowest BCUT2D eigenvalue weighted by molar-refractivity contribution is 0.414. The van der Waals surface area contributed by atoms with Gasteiger partial charge in [0.2, 0.25) is 0 Å². The minimum Gasteiger partial charge on any atom is -0.497 e. The van der Waals surface area contributed by atoms with Crippen LogP contribution >= 0.6 is 11.6 Å². The predicted molar refractivity (Wildman–Crippen MR) is 59.5 cm³/mol. The van der Waals surface area contributed by atoms with Gasteiger partial charge in [0, 0.05) is 11.1 Å². The largest absolute Gasteiger partial charge is 0.497 e. The van der Waals surface area contributed by atoms with Gasteiger partial charge in [-0.1, -0.05) is 11.6 Å². The van der Waals surface area contributed by atoms with Crippen molar-refractivity contribution in [3.8, 4) is 11.4 Å². The lowest BCUT2D eigenvalue weighted by atomic mass is 10.3. The fourth-order valence-electron chi connectivity index (χ4n) is 1.29. The molecule has 1 aromatic heterocycles. The van der Waals surface area contributed by atoms with E-state index in [-0.39, 0.29) is 0 Å². The molecule has 5 heteroatoms. The molecule has 0 aliphatic heterocycles. The standard InChI is InChI=1S/C10H10ClN3O/c1-15-9-3-7(11)2-8(4-9)14-5-10(12)13-6-14/h2-6H,12H2,1H3. The average molecular weight is 224 g/mol. The van der Waals surface area contributed by atoms with Crippen LogP contribution in [0, 0.1) is 0 Å². The van der Waals surface area contributed by atoms with E-state index in [0.717, 1.165) is 5.69 Å². The van der Waals surface area contributed by atoms with Gasteiger partial charge in [-0.25, -0.2) is 4.98 Å². The van der Waals surface area contributed by atoms with Gasteiger partial charge in [0.25, 0.3) is 0 Å². The SMILES string of the molecule is COc1cc(Cl)cc(-n2cnc(N)c2)c1. The first-order valence-electron chi connectivity index (χ1n) is 4.33. The number of hydrogen-bond acceptors (Lipinski definition) is 3. The first-order valence-corrected chi connectivity index (χ1v) is 4.71. The van der Waals surface area contributed by atoms with E-state index in [1.165, 1.54) is 0 Å². The molecule has 15 heavy (non-hydrogen) atoms. The Labute approximate surface area is 92.2 Å². The van der Waals surface area contributed by atoms with Crippen LogP contribution in [0.1, 0.15) is 0 Å². The highest BCUT2D eigenvalue weighted by atomic mass is 35.5. The van der Waals surface area contributed by atoms with E-state index in [0.29, 0.717) is 16.6 Å². The second-order valence-electron chi connectivity index (χ2n) is 3.06. The molecule has 0 radical (unpaired) electrons. The molecular formula is C10H10ClN3O. The number of halogens is 1. The van der Waals surface area contributed by atoms with Crippen molar-refractivity contribution in [2.45, 2.75) is 0 Å². The Morgan fingerprint density at radius 1 is 1.40 bits per heavy atom. The zero-order valence-electron chi connectivity index (χ0n) is 8.14. The molecule has 0 aliphatic carbocycles. The summed E-state index contributed by atoms with van der Waals surface area (Å²) in [6.07, 6.45) is 3.34. The van der Waals surface area contributed by atoms with Crippen LogP contribution in [0.4, 0.5) is 5.82 Å². The van der Waals surface area contributed by atoms with Crippen LogP contribution in [-0.4, -0.2) is 16.7 Å². The molecule has 1 heterocycles. The van der Waals surface area contributed by atoms with Crippen molar-refractivity contribution in [1.29, 1.82) is 0 Å².